The smallest absolute Gasteiger partial charge is 0.292 e. The zero-order valence-electron chi connectivity index (χ0n) is 19.9. The van der Waals surface area contributed by atoms with E-state index in [1.807, 2.05) is 16.7 Å². The number of carbonyl (C=O) groups excluding carboxylic acids is 1. The molecule has 3 aromatic rings. The number of thiazole rings is 1. The summed E-state index contributed by atoms with van der Waals surface area (Å²) >= 11 is 1.13. The number of rotatable bonds is 7. The Labute approximate surface area is 206 Å². The molecule has 0 radical (unpaired) electrons. The number of nitrogens with two attached hydrogens (primary N) is 1. The summed E-state index contributed by atoms with van der Waals surface area (Å²) < 4.78 is 19.1. The molecule has 35 heavy (non-hydrogen) atoms. The first kappa shape index (κ1) is 23.5. The summed E-state index contributed by atoms with van der Waals surface area (Å²) in [6, 6.07) is 3.87. The van der Waals surface area contributed by atoms with Gasteiger partial charge in [-0.3, -0.25) is 14.3 Å². The first-order valence-electron chi connectivity index (χ1n) is 11.7. The van der Waals surface area contributed by atoms with Gasteiger partial charge in [-0.2, -0.15) is 4.99 Å². The van der Waals surface area contributed by atoms with Crippen molar-refractivity contribution in [1.82, 2.24) is 19.4 Å². The van der Waals surface area contributed by atoms with Crippen LogP contribution in [0.2, 0.25) is 0 Å². The molecule has 2 aromatic heterocycles. The summed E-state index contributed by atoms with van der Waals surface area (Å²) in [6.07, 6.45) is 0.891. The van der Waals surface area contributed by atoms with Crippen LogP contribution < -0.4 is 26.1 Å². The van der Waals surface area contributed by atoms with Gasteiger partial charge in [-0.05, 0) is 25.5 Å². The van der Waals surface area contributed by atoms with Gasteiger partial charge in [0, 0.05) is 38.1 Å². The van der Waals surface area contributed by atoms with E-state index >= 15 is 0 Å². The number of hydrogen-bond acceptors (Lipinski definition) is 10. The molecule has 1 saturated heterocycles. The Morgan fingerprint density at radius 3 is 2.86 bits per heavy atom. The Balaban J connectivity index is 1.45. The number of methoxy groups -OCH3 is 1. The highest BCUT2D eigenvalue weighted by Crippen LogP contribution is 2.37. The third-order valence-electron chi connectivity index (χ3n) is 6.09. The van der Waals surface area contributed by atoms with Crippen molar-refractivity contribution in [2.24, 2.45) is 4.99 Å². The molecule has 2 aliphatic heterocycles. The van der Waals surface area contributed by atoms with Crippen LogP contribution in [0.25, 0.3) is 10.9 Å². The van der Waals surface area contributed by atoms with Gasteiger partial charge in [-0.1, -0.05) is 11.3 Å². The van der Waals surface area contributed by atoms with Crippen LogP contribution in [0.15, 0.2) is 17.1 Å². The number of carbonyl (C=O) groups is 1. The molecule has 186 valence electrons. The summed E-state index contributed by atoms with van der Waals surface area (Å²) in [7, 11) is 1.59. The number of morpholine rings is 1. The van der Waals surface area contributed by atoms with Crippen molar-refractivity contribution in [3.63, 3.8) is 0 Å². The molecule has 3 N–H and O–H groups in total. The SMILES string of the molecule is COc1c(OCCCN2CCOCC2)ccc2c3n(c(=NC(=O)c4sc(N)nc4C)nc12)CCN3. The molecule has 0 spiro atoms. The lowest BCUT2D eigenvalue weighted by molar-refractivity contribution is 0.0357. The van der Waals surface area contributed by atoms with E-state index in [1.54, 1.807) is 14.0 Å². The number of nitrogens with one attached hydrogen (secondary N) is 1. The van der Waals surface area contributed by atoms with E-state index in [2.05, 4.69) is 20.2 Å². The minimum atomic E-state index is -0.417. The van der Waals surface area contributed by atoms with Crippen LogP contribution in [0.1, 0.15) is 21.8 Å². The molecule has 5 rings (SSSR count). The second-order valence-electron chi connectivity index (χ2n) is 8.37. The molecule has 1 fully saturated rings. The standard InChI is InChI=1S/C23H29N7O4S/c1-14-19(35-22(24)26-14)21(31)28-23-27-17-15(20-25-6-8-30(20)23)4-5-16(18(17)32-2)34-11-3-7-29-9-12-33-13-10-29/h4-5,25H,3,6-13H2,1-2H3,(H2,24,26). The van der Waals surface area contributed by atoms with Gasteiger partial charge >= 0.3 is 0 Å². The molecule has 0 atom stereocenters. The summed E-state index contributed by atoms with van der Waals surface area (Å²) in [5.41, 5.74) is 7.22. The normalized spacial score (nSPS) is 16.3. The summed E-state index contributed by atoms with van der Waals surface area (Å²) in [5.74, 6) is 1.56. The molecular formula is C23H29N7O4S. The Morgan fingerprint density at radius 1 is 1.29 bits per heavy atom. The van der Waals surface area contributed by atoms with E-state index in [4.69, 9.17) is 24.9 Å². The summed E-state index contributed by atoms with van der Waals surface area (Å²) in [4.78, 5) is 28.9. The van der Waals surface area contributed by atoms with Gasteiger partial charge in [-0.25, -0.2) is 9.97 Å². The van der Waals surface area contributed by atoms with E-state index in [9.17, 15) is 4.79 Å². The quantitative estimate of drug-likeness (QED) is 0.466. The van der Waals surface area contributed by atoms with Crippen molar-refractivity contribution in [2.45, 2.75) is 19.9 Å². The lowest BCUT2D eigenvalue weighted by Crippen LogP contribution is -2.37. The third-order valence-corrected chi connectivity index (χ3v) is 7.07. The number of aromatic nitrogens is 3. The van der Waals surface area contributed by atoms with E-state index in [0.717, 1.165) is 61.8 Å². The molecule has 12 heteroatoms. The third kappa shape index (κ3) is 4.81. The number of hydrogen-bond donors (Lipinski definition) is 2. The molecule has 0 saturated carbocycles. The maximum atomic E-state index is 12.9. The Bertz CT molecular complexity index is 1310. The van der Waals surface area contributed by atoms with Gasteiger partial charge in [0.05, 0.1) is 32.6 Å². The zero-order valence-corrected chi connectivity index (χ0v) is 20.7. The molecule has 1 aromatic carbocycles. The van der Waals surface area contributed by atoms with Crippen LogP contribution in [-0.2, 0) is 11.3 Å². The first-order valence-corrected chi connectivity index (χ1v) is 12.5. The van der Waals surface area contributed by atoms with E-state index < -0.39 is 5.91 Å². The number of anilines is 2. The second-order valence-corrected chi connectivity index (χ2v) is 9.40. The maximum absolute atomic E-state index is 12.9. The molecule has 11 nitrogen and oxygen atoms in total. The fourth-order valence-corrected chi connectivity index (χ4v) is 5.12. The highest BCUT2D eigenvalue weighted by atomic mass is 32.1. The molecule has 0 aliphatic carbocycles. The fraction of sp³-hybridized carbons (Fsp3) is 0.478. The number of nitrogens with zero attached hydrogens (tertiary/aromatic N) is 5. The number of ether oxygens (including phenoxy) is 3. The summed E-state index contributed by atoms with van der Waals surface area (Å²) in [6.45, 7) is 8.10. The highest BCUT2D eigenvalue weighted by Gasteiger charge is 2.22. The first-order chi connectivity index (χ1) is 17.0. The summed E-state index contributed by atoms with van der Waals surface area (Å²) in [5, 5.41) is 4.60. The zero-order chi connectivity index (χ0) is 24.4. The number of benzene rings is 1. The van der Waals surface area contributed by atoms with Crippen molar-refractivity contribution in [1.29, 1.82) is 0 Å². The van der Waals surface area contributed by atoms with Crippen molar-refractivity contribution in [2.75, 3.05) is 64.2 Å². The van der Waals surface area contributed by atoms with Crippen molar-refractivity contribution >= 4 is 39.1 Å². The van der Waals surface area contributed by atoms with Crippen molar-refractivity contribution < 1.29 is 19.0 Å². The molecule has 2 aliphatic rings. The number of amides is 1. The largest absolute Gasteiger partial charge is 0.491 e. The van der Waals surface area contributed by atoms with Gasteiger partial charge in [0.15, 0.2) is 16.6 Å². The van der Waals surface area contributed by atoms with Crippen LogP contribution in [0, 0.1) is 6.92 Å². The molecule has 0 unspecified atom stereocenters. The lowest BCUT2D eigenvalue weighted by atomic mass is 10.2. The highest BCUT2D eigenvalue weighted by molar-refractivity contribution is 7.17. The minimum Gasteiger partial charge on any atom is -0.491 e. The predicted octanol–water partition coefficient (Wildman–Crippen LogP) is 1.66. The number of fused-ring (bicyclic) bond motifs is 3. The van der Waals surface area contributed by atoms with Gasteiger partial charge in [0.2, 0.25) is 5.62 Å². The fourth-order valence-electron chi connectivity index (χ4n) is 4.40. The Morgan fingerprint density at radius 2 is 2.11 bits per heavy atom. The molecule has 1 amide bonds. The van der Waals surface area contributed by atoms with Crippen molar-refractivity contribution in [3.05, 3.63) is 28.3 Å². The molecule has 4 heterocycles. The van der Waals surface area contributed by atoms with Gasteiger partial charge in [0.1, 0.15) is 16.2 Å². The second kappa shape index (κ2) is 10.2. The van der Waals surface area contributed by atoms with E-state index in [-0.39, 0.29) is 0 Å². The van der Waals surface area contributed by atoms with Crippen molar-refractivity contribution in [3.8, 4) is 11.5 Å². The van der Waals surface area contributed by atoms with Crippen LogP contribution in [0.3, 0.4) is 0 Å². The maximum Gasteiger partial charge on any atom is 0.292 e. The monoisotopic (exact) mass is 499 g/mol. The molecular weight excluding hydrogens is 470 g/mol. The Kier molecular flexibility index (Phi) is 6.84. The average Bonchev–Trinajstić information content (AvgIpc) is 3.48. The van der Waals surface area contributed by atoms with Crippen LogP contribution in [-0.4, -0.2) is 78.5 Å². The minimum absolute atomic E-state index is 0.302. The van der Waals surface area contributed by atoms with Gasteiger partial charge in [0.25, 0.3) is 5.91 Å². The van der Waals surface area contributed by atoms with E-state index in [1.165, 1.54) is 0 Å². The van der Waals surface area contributed by atoms with Crippen LogP contribution in [0.5, 0.6) is 11.5 Å². The van der Waals surface area contributed by atoms with Gasteiger partial charge in [-0.15, -0.1) is 0 Å². The van der Waals surface area contributed by atoms with Gasteiger partial charge < -0.3 is 25.3 Å². The number of nitrogen functional groups attached to an aromatic ring is 1. The van der Waals surface area contributed by atoms with Crippen LogP contribution >= 0.6 is 11.3 Å². The number of aryl methyl sites for hydroxylation is 1. The molecule has 0 bridgehead atoms. The van der Waals surface area contributed by atoms with E-state index in [0.29, 0.717) is 58.0 Å². The topological polar surface area (TPSA) is 129 Å². The predicted molar refractivity (Wildman–Crippen MR) is 133 cm³/mol. The Hall–Kier alpha value is -3.22. The van der Waals surface area contributed by atoms with Crippen LogP contribution in [0.4, 0.5) is 10.9 Å². The average molecular weight is 500 g/mol. The lowest BCUT2D eigenvalue weighted by Gasteiger charge is -2.26.